The number of rotatable bonds is 4. The van der Waals surface area contributed by atoms with Gasteiger partial charge in [-0.25, -0.2) is 4.79 Å². The first-order chi connectivity index (χ1) is 12.5. The van der Waals surface area contributed by atoms with Crippen LogP contribution in [0.3, 0.4) is 0 Å². The Kier molecular flexibility index (Phi) is 3.68. The lowest BCUT2D eigenvalue weighted by Crippen LogP contribution is -2.41. The summed E-state index contributed by atoms with van der Waals surface area (Å²) in [4.78, 5) is 41.2. The highest BCUT2D eigenvalue weighted by Gasteiger charge is 2.49. The predicted octanol–water partition coefficient (Wildman–Crippen LogP) is 1.44. The van der Waals surface area contributed by atoms with Crippen molar-refractivity contribution in [2.24, 2.45) is 0 Å². The van der Waals surface area contributed by atoms with Gasteiger partial charge in [-0.3, -0.25) is 14.5 Å². The molecule has 0 spiro atoms. The summed E-state index contributed by atoms with van der Waals surface area (Å²) in [6, 6.07) is 7.78. The lowest BCUT2D eigenvalue weighted by atomic mass is 9.91. The topological polar surface area (TPSA) is 101 Å². The first-order valence-electron chi connectivity index (χ1n) is 8.20. The molecule has 2 aliphatic rings. The standard InChI is InChI=1S/C18H17N3O5/c1-18(11-4-5-14-15(9-11)26-8-7-25-14)16(23)21(17(24)20-18)10-13(22)12-3-2-6-19-12/h2-6,9,19H,7-8,10H2,1H3,(H,20,24)/t18-/m1/s1. The maximum Gasteiger partial charge on any atom is 0.325 e. The Morgan fingerprint density at radius 2 is 1.96 bits per heavy atom. The van der Waals surface area contributed by atoms with E-state index in [4.69, 9.17) is 9.47 Å². The molecule has 1 aromatic heterocycles. The second-order valence-electron chi connectivity index (χ2n) is 6.31. The van der Waals surface area contributed by atoms with Crippen LogP contribution >= 0.6 is 0 Å². The number of imide groups is 1. The monoisotopic (exact) mass is 355 g/mol. The molecule has 3 amide bonds. The van der Waals surface area contributed by atoms with Crippen LogP contribution in [-0.4, -0.2) is 47.4 Å². The highest BCUT2D eigenvalue weighted by atomic mass is 16.6. The highest BCUT2D eigenvalue weighted by Crippen LogP contribution is 2.36. The van der Waals surface area contributed by atoms with Crippen LogP contribution in [-0.2, 0) is 10.3 Å². The molecule has 3 heterocycles. The summed E-state index contributed by atoms with van der Waals surface area (Å²) in [7, 11) is 0. The fourth-order valence-electron chi connectivity index (χ4n) is 3.12. The van der Waals surface area contributed by atoms with Crippen LogP contribution in [0, 0.1) is 0 Å². The summed E-state index contributed by atoms with van der Waals surface area (Å²) in [5.41, 5.74) is -0.364. The third-order valence-corrected chi connectivity index (χ3v) is 4.59. The number of hydrogen-bond acceptors (Lipinski definition) is 5. The van der Waals surface area contributed by atoms with Gasteiger partial charge in [0.1, 0.15) is 18.8 Å². The number of hydrogen-bond donors (Lipinski definition) is 2. The Balaban J connectivity index is 1.60. The maximum atomic E-state index is 12.9. The van der Waals surface area contributed by atoms with Crippen LogP contribution in [0.25, 0.3) is 0 Å². The molecule has 1 fully saturated rings. The van der Waals surface area contributed by atoms with Crippen molar-refractivity contribution >= 4 is 17.7 Å². The molecule has 0 bridgehead atoms. The first-order valence-corrected chi connectivity index (χ1v) is 8.20. The second-order valence-corrected chi connectivity index (χ2v) is 6.31. The van der Waals surface area contributed by atoms with E-state index in [2.05, 4.69) is 10.3 Å². The van der Waals surface area contributed by atoms with E-state index in [0.717, 1.165) is 4.90 Å². The quantitative estimate of drug-likeness (QED) is 0.638. The number of amides is 3. The molecule has 1 saturated heterocycles. The third-order valence-electron chi connectivity index (χ3n) is 4.59. The van der Waals surface area contributed by atoms with Crippen molar-refractivity contribution in [2.75, 3.05) is 19.8 Å². The molecule has 0 saturated carbocycles. The summed E-state index contributed by atoms with van der Waals surface area (Å²) < 4.78 is 11.0. The number of nitrogens with one attached hydrogen (secondary N) is 2. The van der Waals surface area contributed by atoms with Gasteiger partial charge in [0.15, 0.2) is 17.3 Å². The summed E-state index contributed by atoms with van der Waals surface area (Å²) in [6.45, 7) is 2.17. The smallest absolute Gasteiger partial charge is 0.325 e. The molecule has 0 radical (unpaired) electrons. The second kappa shape index (κ2) is 5.91. The van der Waals surface area contributed by atoms with E-state index in [0.29, 0.717) is 36.0 Å². The number of ketones is 1. The lowest BCUT2D eigenvalue weighted by molar-refractivity contribution is -0.130. The van der Waals surface area contributed by atoms with Gasteiger partial charge >= 0.3 is 6.03 Å². The molecule has 8 heteroatoms. The Hall–Kier alpha value is -3.29. The van der Waals surface area contributed by atoms with E-state index in [1.54, 1.807) is 43.5 Å². The normalized spacial score (nSPS) is 21.7. The molecular formula is C18H17N3O5. The Morgan fingerprint density at radius 3 is 2.69 bits per heavy atom. The van der Waals surface area contributed by atoms with E-state index >= 15 is 0 Å². The molecule has 4 rings (SSSR count). The molecule has 2 aliphatic heterocycles. The average Bonchev–Trinajstić information content (AvgIpc) is 3.25. The Labute approximate surface area is 149 Å². The van der Waals surface area contributed by atoms with E-state index < -0.39 is 17.5 Å². The van der Waals surface area contributed by atoms with Crippen molar-refractivity contribution in [1.29, 1.82) is 0 Å². The summed E-state index contributed by atoms with van der Waals surface area (Å²) in [6.07, 6.45) is 1.61. The van der Waals surface area contributed by atoms with Crippen molar-refractivity contribution in [2.45, 2.75) is 12.5 Å². The molecule has 1 aromatic carbocycles. The van der Waals surface area contributed by atoms with E-state index in [-0.39, 0.29) is 12.3 Å². The molecule has 0 aliphatic carbocycles. The highest BCUT2D eigenvalue weighted by molar-refractivity contribution is 6.11. The van der Waals surface area contributed by atoms with Crippen molar-refractivity contribution in [3.05, 3.63) is 47.8 Å². The van der Waals surface area contributed by atoms with Crippen LogP contribution in [0.4, 0.5) is 4.79 Å². The third kappa shape index (κ3) is 2.50. The number of carbonyl (C=O) groups is 3. The minimum atomic E-state index is -1.27. The van der Waals surface area contributed by atoms with Gasteiger partial charge in [-0.2, -0.15) is 0 Å². The average molecular weight is 355 g/mol. The number of urea groups is 1. The number of carbonyl (C=O) groups excluding carboxylic acids is 3. The summed E-state index contributed by atoms with van der Waals surface area (Å²) in [5.74, 6) is 0.293. The first kappa shape index (κ1) is 16.2. The maximum absolute atomic E-state index is 12.9. The number of aromatic nitrogens is 1. The van der Waals surface area contributed by atoms with Gasteiger partial charge in [-0.05, 0) is 36.8 Å². The van der Waals surface area contributed by atoms with Crippen molar-refractivity contribution < 1.29 is 23.9 Å². The zero-order chi connectivity index (χ0) is 18.3. The molecule has 134 valence electrons. The Morgan fingerprint density at radius 1 is 1.19 bits per heavy atom. The zero-order valence-corrected chi connectivity index (χ0v) is 14.1. The molecule has 0 unspecified atom stereocenters. The number of Topliss-reactive ketones (excluding diaryl/α,β-unsaturated/α-hetero) is 1. The van der Waals surface area contributed by atoms with Gasteiger partial charge in [0.05, 0.1) is 12.2 Å². The predicted molar refractivity (Wildman–Crippen MR) is 90.2 cm³/mol. The van der Waals surface area contributed by atoms with E-state index in [1.165, 1.54) is 0 Å². The number of ether oxygens (including phenoxy) is 2. The number of H-pyrrole nitrogens is 1. The SMILES string of the molecule is C[C@]1(c2ccc3c(c2)OCCO3)NC(=O)N(CC(=O)c2ccc[nH]2)C1=O. The number of nitrogens with zero attached hydrogens (tertiary/aromatic N) is 1. The molecule has 2 N–H and O–H groups in total. The van der Waals surface area contributed by atoms with Crippen LogP contribution < -0.4 is 14.8 Å². The minimum absolute atomic E-state index is 0.328. The van der Waals surface area contributed by atoms with E-state index in [9.17, 15) is 14.4 Å². The fraction of sp³-hybridized carbons (Fsp3) is 0.278. The number of aromatic amines is 1. The zero-order valence-electron chi connectivity index (χ0n) is 14.1. The summed E-state index contributed by atoms with van der Waals surface area (Å²) in [5, 5.41) is 2.68. The van der Waals surface area contributed by atoms with Crippen molar-refractivity contribution in [3.8, 4) is 11.5 Å². The van der Waals surface area contributed by atoms with Gasteiger partial charge in [-0.1, -0.05) is 6.07 Å². The molecule has 8 nitrogen and oxygen atoms in total. The molecular weight excluding hydrogens is 338 g/mol. The number of benzene rings is 1. The van der Waals surface area contributed by atoms with Crippen LogP contribution in [0.2, 0.25) is 0 Å². The van der Waals surface area contributed by atoms with E-state index in [1.807, 2.05) is 0 Å². The number of fused-ring (bicyclic) bond motifs is 1. The summed E-state index contributed by atoms with van der Waals surface area (Å²) >= 11 is 0. The molecule has 2 aromatic rings. The van der Waals surface area contributed by atoms with Crippen LogP contribution in [0.5, 0.6) is 11.5 Å². The van der Waals surface area contributed by atoms with Crippen molar-refractivity contribution in [3.63, 3.8) is 0 Å². The largest absolute Gasteiger partial charge is 0.486 e. The van der Waals surface area contributed by atoms with Gasteiger partial charge in [0.25, 0.3) is 5.91 Å². The molecule has 1 atom stereocenters. The van der Waals surface area contributed by atoms with Gasteiger partial charge in [-0.15, -0.1) is 0 Å². The fourth-order valence-corrected chi connectivity index (χ4v) is 3.12. The van der Waals surface area contributed by atoms with Crippen LogP contribution in [0.15, 0.2) is 36.5 Å². The van der Waals surface area contributed by atoms with Crippen LogP contribution in [0.1, 0.15) is 23.0 Å². The van der Waals surface area contributed by atoms with Crippen molar-refractivity contribution in [1.82, 2.24) is 15.2 Å². The minimum Gasteiger partial charge on any atom is -0.486 e. The van der Waals surface area contributed by atoms with Gasteiger partial charge in [0.2, 0.25) is 0 Å². The van der Waals surface area contributed by atoms with Gasteiger partial charge < -0.3 is 19.8 Å². The lowest BCUT2D eigenvalue weighted by Gasteiger charge is -2.25. The van der Waals surface area contributed by atoms with Gasteiger partial charge in [0, 0.05) is 6.20 Å². The molecule has 26 heavy (non-hydrogen) atoms. The Bertz CT molecular complexity index is 892.